The molecule has 1 aromatic heterocycles. The van der Waals surface area contributed by atoms with E-state index in [1.54, 1.807) is 12.3 Å². The molecule has 1 saturated heterocycles. The van der Waals surface area contributed by atoms with Crippen LogP contribution in [0, 0.1) is 24.5 Å². The smallest absolute Gasteiger partial charge is 0.255 e. The first-order valence-corrected chi connectivity index (χ1v) is 9.58. The summed E-state index contributed by atoms with van der Waals surface area (Å²) in [6.45, 7) is 3.44. The molecule has 2 aromatic rings. The Balaban J connectivity index is 1.44. The van der Waals surface area contributed by atoms with Crippen molar-refractivity contribution in [2.24, 2.45) is 5.92 Å². The van der Waals surface area contributed by atoms with E-state index in [9.17, 15) is 18.4 Å². The quantitative estimate of drug-likeness (QED) is 0.794. The number of H-pyrrole nitrogens is 1. The number of carbonyl (C=O) groups excluding carboxylic acids is 2. The molecule has 2 heterocycles. The third-order valence-corrected chi connectivity index (χ3v) is 5.24. The molecule has 3 rings (SSSR count). The number of benzene rings is 1. The zero-order valence-corrected chi connectivity index (χ0v) is 15.9. The first-order valence-electron chi connectivity index (χ1n) is 9.58. The van der Waals surface area contributed by atoms with Gasteiger partial charge < -0.3 is 15.2 Å². The SMILES string of the molecule is Cc1[nH]ccc1C(=O)N1CCC[C@@H](CCC(=O)NCc2ccc(F)c(F)c2)C1. The van der Waals surface area contributed by atoms with E-state index < -0.39 is 11.6 Å². The predicted molar refractivity (Wildman–Crippen MR) is 102 cm³/mol. The molecule has 0 aliphatic carbocycles. The van der Waals surface area contributed by atoms with Gasteiger partial charge in [-0.15, -0.1) is 0 Å². The highest BCUT2D eigenvalue weighted by atomic mass is 19.2. The molecule has 1 atom stereocenters. The van der Waals surface area contributed by atoms with Gasteiger partial charge >= 0.3 is 0 Å². The summed E-state index contributed by atoms with van der Waals surface area (Å²) >= 11 is 0. The monoisotopic (exact) mass is 389 g/mol. The third kappa shape index (κ3) is 4.97. The standard InChI is InChI=1S/C21H25F2N3O2/c1-14-17(8-9-24-14)21(28)26-10-2-3-15(13-26)5-7-20(27)25-12-16-4-6-18(22)19(23)11-16/h4,6,8-9,11,15,24H,2-3,5,7,10,12-13H2,1H3,(H,25,27)/t15-/m0/s1. The fourth-order valence-corrected chi connectivity index (χ4v) is 3.61. The topological polar surface area (TPSA) is 65.2 Å². The van der Waals surface area contributed by atoms with Crippen LogP contribution >= 0.6 is 0 Å². The number of aromatic nitrogens is 1. The molecule has 150 valence electrons. The lowest BCUT2D eigenvalue weighted by atomic mass is 9.93. The molecule has 0 radical (unpaired) electrons. The molecule has 1 fully saturated rings. The molecule has 1 aliphatic heterocycles. The van der Waals surface area contributed by atoms with Gasteiger partial charge in [0.25, 0.3) is 5.91 Å². The second-order valence-corrected chi connectivity index (χ2v) is 7.34. The largest absolute Gasteiger partial charge is 0.365 e. The summed E-state index contributed by atoms with van der Waals surface area (Å²) in [5, 5.41) is 2.74. The van der Waals surface area contributed by atoms with E-state index in [2.05, 4.69) is 10.3 Å². The van der Waals surface area contributed by atoms with Crippen LogP contribution in [0.1, 0.15) is 47.3 Å². The van der Waals surface area contributed by atoms with Crippen molar-refractivity contribution < 1.29 is 18.4 Å². The van der Waals surface area contributed by atoms with Gasteiger partial charge in [0.15, 0.2) is 11.6 Å². The summed E-state index contributed by atoms with van der Waals surface area (Å²) in [5.74, 6) is -1.63. The lowest BCUT2D eigenvalue weighted by molar-refractivity contribution is -0.121. The fourth-order valence-electron chi connectivity index (χ4n) is 3.61. The molecular weight excluding hydrogens is 364 g/mol. The van der Waals surface area contributed by atoms with E-state index in [1.807, 2.05) is 11.8 Å². The highest BCUT2D eigenvalue weighted by Crippen LogP contribution is 2.23. The minimum Gasteiger partial charge on any atom is -0.365 e. The summed E-state index contributed by atoms with van der Waals surface area (Å²) in [4.78, 5) is 29.6. The summed E-state index contributed by atoms with van der Waals surface area (Å²) in [7, 11) is 0. The average Bonchev–Trinajstić information content (AvgIpc) is 3.12. The fraction of sp³-hybridized carbons (Fsp3) is 0.429. The number of piperidine rings is 1. The van der Waals surface area contributed by atoms with E-state index in [0.29, 0.717) is 30.5 Å². The first kappa shape index (κ1) is 20.0. The van der Waals surface area contributed by atoms with Crippen molar-refractivity contribution in [1.29, 1.82) is 0 Å². The maximum absolute atomic E-state index is 13.2. The van der Waals surface area contributed by atoms with Gasteiger partial charge in [0.05, 0.1) is 5.56 Å². The number of nitrogens with zero attached hydrogens (tertiary/aromatic N) is 1. The molecule has 2 amide bonds. The summed E-state index contributed by atoms with van der Waals surface area (Å²) in [6, 6.07) is 5.39. The third-order valence-electron chi connectivity index (χ3n) is 5.24. The summed E-state index contributed by atoms with van der Waals surface area (Å²) < 4.78 is 26.1. The van der Waals surface area contributed by atoms with E-state index in [0.717, 1.165) is 37.2 Å². The Morgan fingerprint density at radius 2 is 2.07 bits per heavy atom. The van der Waals surface area contributed by atoms with Crippen LogP contribution in [0.15, 0.2) is 30.5 Å². The van der Waals surface area contributed by atoms with Crippen molar-refractivity contribution in [3.8, 4) is 0 Å². The molecule has 1 aromatic carbocycles. The Kier molecular flexibility index (Phi) is 6.44. The number of likely N-dealkylation sites (tertiary alicyclic amines) is 1. The van der Waals surface area contributed by atoms with Gasteiger partial charge in [0.1, 0.15) is 0 Å². The van der Waals surface area contributed by atoms with Gasteiger partial charge in [-0.25, -0.2) is 8.78 Å². The number of hydrogen-bond acceptors (Lipinski definition) is 2. The predicted octanol–water partition coefficient (Wildman–Crippen LogP) is 3.55. The van der Waals surface area contributed by atoms with Crippen molar-refractivity contribution >= 4 is 11.8 Å². The Morgan fingerprint density at radius 1 is 1.25 bits per heavy atom. The van der Waals surface area contributed by atoms with Crippen LogP contribution in [-0.4, -0.2) is 34.8 Å². The number of aromatic amines is 1. The molecule has 1 aliphatic rings. The second kappa shape index (κ2) is 8.99. The van der Waals surface area contributed by atoms with Crippen LogP contribution in [0.4, 0.5) is 8.78 Å². The number of aryl methyl sites for hydroxylation is 1. The van der Waals surface area contributed by atoms with Crippen molar-refractivity contribution in [3.63, 3.8) is 0 Å². The summed E-state index contributed by atoms with van der Waals surface area (Å²) in [6.07, 6.45) is 4.73. The van der Waals surface area contributed by atoms with Crippen molar-refractivity contribution in [2.45, 2.75) is 39.2 Å². The molecule has 0 bridgehead atoms. The van der Waals surface area contributed by atoms with Crippen LogP contribution < -0.4 is 5.32 Å². The van der Waals surface area contributed by atoms with Gasteiger partial charge in [-0.2, -0.15) is 0 Å². The van der Waals surface area contributed by atoms with Gasteiger partial charge in [0.2, 0.25) is 5.91 Å². The van der Waals surface area contributed by atoms with Crippen molar-refractivity contribution in [3.05, 3.63) is 58.9 Å². The van der Waals surface area contributed by atoms with Crippen LogP contribution in [0.25, 0.3) is 0 Å². The highest BCUT2D eigenvalue weighted by Gasteiger charge is 2.25. The molecule has 7 heteroatoms. The molecule has 2 N–H and O–H groups in total. The Morgan fingerprint density at radius 3 is 2.79 bits per heavy atom. The Hall–Kier alpha value is -2.70. The van der Waals surface area contributed by atoms with Crippen LogP contribution in [0.5, 0.6) is 0 Å². The lowest BCUT2D eigenvalue weighted by Gasteiger charge is -2.32. The van der Waals surface area contributed by atoms with Crippen LogP contribution in [0.3, 0.4) is 0 Å². The van der Waals surface area contributed by atoms with Crippen LogP contribution in [-0.2, 0) is 11.3 Å². The van der Waals surface area contributed by atoms with Crippen molar-refractivity contribution in [1.82, 2.24) is 15.2 Å². The zero-order valence-electron chi connectivity index (χ0n) is 15.9. The number of hydrogen-bond donors (Lipinski definition) is 2. The average molecular weight is 389 g/mol. The summed E-state index contributed by atoms with van der Waals surface area (Å²) in [5.41, 5.74) is 2.08. The van der Waals surface area contributed by atoms with E-state index in [-0.39, 0.29) is 24.3 Å². The maximum atomic E-state index is 13.2. The van der Waals surface area contributed by atoms with E-state index >= 15 is 0 Å². The normalized spacial score (nSPS) is 16.8. The van der Waals surface area contributed by atoms with E-state index in [1.165, 1.54) is 6.07 Å². The van der Waals surface area contributed by atoms with Gasteiger partial charge in [-0.3, -0.25) is 9.59 Å². The lowest BCUT2D eigenvalue weighted by Crippen LogP contribution is -2.40. The number of halogens is 2. The first-order chi connectivity index (χ1) is 13.4. The molecular formula is C21H25F2N3O2. The van der Waals surface area contributed by atoms with Gasteiger partial charge in [-0.1, -0.05) is 6.07 Å². The maximum Gasteiger partial charge on any atom is 0.255 e. The number of nitrogens with one attached hydrogen (secondary N) is 2. The minimum atomic E-state index is -0.920. The number of carbonyl (C=O) groups is 2. The van der Waals surface area contributed by atoms with Gasteiger partial charge in [0, 0.05) is 37.9 Å². The zero-order chi connectivity index (χ0) is 20.1. The molecule has 0 spiro atoms. The van der Waals surface area contributed by atoms with Crippen molar-refractivity contribution in [2.75, 3.05) is 13.1 Å². The number of rotatable bonds is 6. The second-order valence-electron chi connectivity index (χ2n) is 7.34. The van der Waals surface area contributed by atoms with E-state index in [4.69, 9.17) is 0 Å². The minimum absolute atomic E-state index is 0.0336. The Labute approximate surface area is 163 Å². The molecule has 0 saturated carbocycles. The molecule has 5 nitrogen and oxygen atoms in total. The van der Waals surface area contributed by atoms with Gasteiger partial charge in [-0.05, 0) is 55.9 Å². The van der Waals surface area contributed by atoms with Crippen LogP contribution in [0.2, 0.25) is 0 Å². The molecule has 0 unspecified atom stereocenters. The number of amides is 2. The highest BCUT2D eigenvalue weighted by molar-refractivity contribution is 5.95. The Bertz CT molecular complexity index is 850. The molecule has 28 heavy (non-hydrogen) atoms.